The molecule has 4 heteroatoms. The van der Waals surface area contributed by atoms with Gasteiger partial charge in [-0.15, -0.1) is 11.3 Å². The molecule has 0 aromatic carbocycles. The fourth-order valence-electron chi connectivity index (χ4n) is 1.37. The molecule has 16 heavy (non-hydrogen) atoms. The first-order valence-corrected chi connectivity index (χ1v) is 5.76. The Balaban J connectivity index is 2.31. The SMILES string of the molecule is CCc1ccc(C(=O)c2cncc(F)c2)s1. The minimum atomic E-state index is -0.488. The van der Waals surface area contributed by atoms with Gasteiger partial charge >= 0.3 is 0 Å². The predicted octanol–water partition coefficient (Wildman–Crippen LogP) is 3.08. The molecule has 0 fully saturated rings. The lowest BCUT2D eigenvalue weighted by Crippen LogP contribution is -1.99. The lowest BCUT2D eigenvalue weighted by Gasteiger charge is -1.97. The van der Waals surface area contributed by atoms with E-state index >= 15 is 0 Å². The van der Waals surface area contributed by atoms with E-state index in [1.54, 1.807) is 6.07 Å². The van der Waals surface area contributed by atoms with Gasteiger partial charge in [0.15, 0.2) is 0 Å². The van der Waals surface area contributed by atoms with Gasteiger partial charge in [0, 0.05) is 16.6 Å². The van der Waals surface area contributed by atoms with Crippen molar-refractivity contribution in [1.29, 1.82) is 0 Å². The molecule has 0 spiro atoms. The Morgan fingerprint density at radius 1 is 1.44 bits per heavy atom. The van der Waals surface area contributed by atoms with Gasteiger partial charge in [-0.1, -0.05) is 6.92 Å². The number of halogens is 1. The lowest BCUT2D eigenvalue weighted by atomic mass is 10.1. The quantitative estimate of drug-likeness (QED) is 0.765. The van der Waals surface area contributed by atoms with E-state index in [9.17, 15) is 9.18 Å². The van der Waals surface area contributed by atoms with Crippen molar-refractivity contribution < 1.29 is 9.18 Å². The topological polar surface area (TPSA) is 30.0 Å². The van der Waals surface area contributed by atoms with Crippen molar-refractivity contribution in [2.24, 2.45) is 0 Å². The van der Waals surface area contributed by atoms with Crippen LogP contribution in [0.25, 0.3) is 0 Å². The zero-order valence-corrected chi connectivity index (χ0v) is 9.55. The molecule has 2 aromatic rings. The zero-order valence-electron chi connectivity index (χ0n) is 8.74. The Kier molecular flexibility index (Phi) is 3.10. The van der Waals surface area contributed by atoms with Crippen molar-refractivity contribution in [2.75, 3.05) is 0 Å². The van der Waals surface area contributed by atoms with Crippen molar-refractivity contribution in [3.8, 4) is 0 Å². The first kappa shape index (κ1) is 11.0. The summed E-state index contributed by atoms with van der Waals surface area (Å²) in [5.41, 5.74) is 0.296. The molecule has 2 heterocycles. The van der Waals surface area contributed by atoms with Crippen LogP contribution in [0.2, 0.25) is 0 Å². The largest absolute Gasteiger partial charge is 0.288 e. The molecule has 0 N–H and O–H groups in total. The van der Waals surface area contributed by atoms with Crippen molar-refractivity contribution in [3.63, 3.8) is 0 Å². The first-order valence-electron chi connectivity index (χ1n) is 4.94. The molecule has 0 amide bonds. The van der Waals surface area contributed by atoms with E-state index < -0.39 is 5.82 Å². The van der Waals surface area contributed by atoms with Crippen LogP contribution in [-0.2, 0) is 6.42 Å². The van der Waals surface area contributed by atoms with E-state index in [0.717, 1.165) is 17.5 Å². The summed E-state index contributed by atoms with van der Waals surface area (Å²) in [7, 11) is 0. The number of carbonyl (C=O) groups excluding carboxylic acids is 1. The number of nitrogens with zero attached hydrogens (tertiary/aromatic N) is 1. The minimum absolute atomic E-state index is 0.170. The molecule has 0 aliphatic rings. The summed E-state index contributed by atoms with van der Waals surface area (Å²) in [5, 5.41) is 0. The van der Waals surface area contributed by atoms with E-state index in [0.29, 0.717) is 10.4 Å². The molecule has 2 nitrogen and oxygen atoms in total. The maximum atomic E-state index is 12.9. The second kappa shape index (κ2) is 4.53. The molecule has 0 atom stereocenters. The highest BCUT2D eigenvalue weighted by atomic mass is 32.1. The number of aryl methyl sites for hydroxylation is 1. The zero-order chi connectivity index (χ0) is 11.5. The molecule has 0 aliphatic heterocycles. The van der Waals surface area contributed by atoms with Crippen LogP contribution in [0.4, 0.5) is 4.39 Å². The molecule has 0 saturated heterocycles. The minimum Gasteiger partial charge on any atom is -0.288 e. The Hall–Kier alpha value is -1.55. The Bertz CT molecular complexity index is 521. The van der Waals surface area contributed by atoms with Crippen LogP contribution in [0.3, 0.4) is 0 Å². The van der Waals surface area contributed by atoms with Crippen molar-refractivity contribution >= 4 is 17.1 Å². The van der Waals surface area contributed by atoms with E-state index in [1.807, 2.05) is 13.0 Å². The second-order valence-electron chi connectivity index (χ2n) is 3.34. The molecule has 0 unspecified atom stereocenters. The van der Waals surface area contributed by atoms with Gasteiger partial charge in [0.2, 0.25) is 5.78 Å². The third kappa shape index (κ3) is 2.17. The number of thiophene rings is 1. The normalized spacial score (nSPS) is 10.4. The van der Waals surface area contributed by atoms with Gasteiger partial charge in [0.25, 0.3) is 0 Å². The van der Waals surface area contributed by atoms with E-state index in [2.05, 4.69) is 4.98 Å². The Morgan fingerprint density at radius 2 is 2.25 bits per heavy atom. The lowest BCUT2D eigenvalue weighted by molar-refractivity contribution is 0.104. The third-order valence-electron chi connectivity index (χ3n) is 2.20. The molecule has 2 aromatic heterocycles. The summed E-state index contributed by atoms with van der Waals surface area (Å²) in [6.07, 6.45) is 3.37. The van der Waals surface area contributed by atoms with Crippen LogP contribution in [-0.4, -0.2) is 10.8 Å². The monoisotopic (exact) mass is 235 g/mol. The molecule has 0 radical (unpaired) electrons. The fourth-order valence-corrected chi connectivity index (χ4v) is 2.28. The Morgan fingerprint density at radius 3 is 2.88 bits per heavy atom. The van der Waals surface area contributed by atoms with Crippen LogP contribution < -0.4 is 0 Å². The van der Waals surface area contributed by atoms with E-state index in [-0.39, 0.29) is 5.78 Å². The van der Waals surface area contributed by atoms with Gasteiger partial charge in [-0.25, -0.2) is 4.39 Å². The average molecular weight is 235 g/mol. The Labute approximate surface area is 96.8 Å². The number of carbonyl (C=O) groups is 1. The van der Waals surface area contributed by atoms with Crippen LogP contribution >= 0.6 is 11.3 Å². The highest BCUT2D eigenvalue weighted by Gasteiger charge is 2.12. The van der Waals surface area contributed by atoms with Gasteiger partial charge in [-0.3, -0.25) is 9.78 Å². The summed E-state index contributed by atoms with van der Waals surface area (Å²) < 4.78 is 12.9. The van der Waals surface area contributed by atoms with Crippen molar-refractivity contribution in [3.05, 3.63) is 51.7 Å². The smallest absolute Gasteiger partial charge is 0.204 e. The van der Waals surface area contributed by atoms with Gasteiger partial charge in [-0.05, 0) is 24.6 Å². The fraction of sp³-hybridized carbons (Fsp3) is 0.167. The molecular formula is C12H10FNOS. The molecule has 0 saturated carbocycles. The summed E-state index contributed by atoms with van der Waals surface area (Å²) in [5.74, 6) is -0.658. The summed E-state index contributed by atoms with van der Waals surface area (Å²) in [4.78, 5) is 17.4. The summed E-state index contributed by atoms with van der Waals surface area (Å²) in [6, 6.07) is 4.90. The highest BCUT2D eigenvalue weighted by molar-refractivity contribution is 7.14. The number of hydrogen-bond donors (Lipinski definition) is 0. The third-order valence-corrected chi connectivity index (χ3v) is 3.43. The molecule has 82 valence electrons. The van der Waals surface area contributed by atoms with Crippen LogP contribution in [0.5, 0.6) is 0 Å². The molecule has 0 bridgehead atoms. The number of hydrogen-bond acceptors (Lipinski definition) is 3. The second-order valence-corrected chi connectivity index (χ2v) is 4.51. The standard InChI is InChI=1S/C12H10FNOS/c1-2-10-3-4-11(16-10)12(15)8-5-9(13)7-14-6-8/h3-7H,2H2,1H3. The molecular weight excluding hydrogens is 225 g/mol. The van der Waals surface area contributed by atoms with Crippen LogP contribution in [0.15, 0.2) is 30.6 Å². The first-order chi connectivity index (χ1) is 7.70. The van der Waals surface area contributed by atoms with E-state index in [4.69, 9.17) is 0 Å². The van der Waals surface area contributed by atoms with Crippen molar-refractivity contribution in [2.45, 2.75) is 13.3 Å². The predicted molar refractivity (Wildman–Crippen MR) is 61.3 cm³/mol. The number of pyridine rings is 1. The van der Waals surface area contributed by atoms with Gasteiger partial charge in [0.05, 0.1) is 11.1 Å². The summed E-state index contributed by atoms with van der Waals surface area (Å²) >= 11 is 1.44. The maximum absolute atomic E-state index is 12.9. The summed E-state index contributed by atoms with van der Waals surface area (Å²) in [6.45, 7) is 2.03. The van der Waals surface area contributed by atoms with Gasteiger partial charge < -0.3 is 0 Å². The van der Waals surface area contributed by atoms with Gasteiger partial charge in [-0.2, -0.15) is 0 Å². The van der Waals surface area contributed by atoms with Crippen molar-refractivity contribution in [1.82, 2.24) is 4.98 Å². The van der Waals surface area contributed by atoms with Crippen LogP contribution in [0.1, 0.15) is 27.0 Å². The number of aromatic nitrogens is 1. The number of rotatable bonds is 3. The maximum Gasteiger partial charge on any atom is 0.204 e. The average Bonchev–Trinajstić information content (AvgIpc) is 2.76. The van der Waals surface area contributed by atoms with Gasteiger partial charge in [0.1, 0.15) is 5.82 Å². The van der Waals surface area contributed by atoms with E-state index in [1.165, 1.54) is 23.6 Å². The number of ketones is 1. The molecule has 2 rings (SSSR count). The highest BCUT2D eigenvalue weighted by Crippen LogP contribution is 2.20. The molecule has 0 aliphatic carbocycles. The van der Waals surface area contributed by atoms with Crippen LogP contribution in [0, 0.1) is 5.82 Å².